The van der Waals surface area contributed by atoms with Crippen molar-refractivity contribution in [1.82, 2.24) is 24.9 Å². The fourth-order valence-corrected chi connectivity index (χ4v) is 7.55. The summed E-state index contributed by atoms with van der Waals surface area (Å²) in [5.41, 5.74) is 0. The van der Waals surface area contributed by atoms with Gasteiger partial charge in [0.1, 0.15) is 0 Å². The maximum absolute atomic E-state index is 5.80. The number of thioether (sulfide) groups is 1. The standard InChI is InChI=1S/C20H37N5O4S/c1-18-30-20(24-6-14-28-15-7-24,25-8-16-29-17-9-25)19(21-1,22-2-10-26-11-3-22)23-4-12-27-13-5-23/h21H,1-18H2. The van der Waals surface area contributed by atoms with Crippen molar-refractivity contribution in [2.24, 2.45) is 0 Å². The lowest BCUT2D eigenvalue weighted by molar-refractivity contribution is -0.241. The third kappa shape index (κ3) is 3.72. The fourth-order valence-electron chi connectivity index (χ4n) is 5.80. The largest absolute Gasteiger partial charge is 0.379 e. The van der Waals surface area contributed by atoms with E-state index in [1.807, 2.05) is 0 Å². The Morgan fingerprint density at radius 2 is 0.900 bits per heavy atom. The molecule has 0 aromatic carbocycles. The highest BCUT2D eigenvalue weighted by molar-refractivity contribution is 8.00. The van der Waals surface area contributed by atoms with Gasteiger partial charge in [-0.2, -0.15) is 0 Å². The highest BCUT2D eigenvalue weighted by Crippen LogP contribution is 2.49. The molecule has 0 bridgehead atoms. The van der Waals surface area contributed by atoms with E-state index in [1.54, 1.807) is 0 Å². The van der Waals surface area contributed by atoms with E-state index in [0.717, 1.165) is 118 Å². The second-order valence-electron chi connectivity index (χ2n) is 8.45. The Morgan fingerprint density at radius 1 is 0.533 bits per heavy atom. The van der Waals surface area contributed by atoms with Crippen molar-refractivity contribution in [3.05, 3.63) is 0 Å². The lowest BCUT2D eigenvalue weighted by atomic mass is 10.0. The Kier molecular flexibility index (Phi) is 7.17. The third-order valence-corrected chi connectivity index (χ3v) is 8.66. The van der Waals surface area contributed by atoms with Crippen LogP contribution in [0.15, 0.2) is 0 Å². The predicted octanol–water partition coefficient (Wildman–Crippen LogP) is -1.04. The molecule has 0 aliphatic carbocycles. The van der Waals surface area contributed by atoms with Crippen molar-refractivity contribution in [3.63, 3.8) is 0 Å². The van der Waals surface area contributed by atoms with Gasteiger partial charge in [-0.3, -0.25) is 24.9 Å². The van der Waals surface area contributed by atoms with Gasteiger partial charge < -0.3 is 18.9 Å². The van der Waals surface area contributed by atoms with E-state index in [0.29, 0.717) is 0 Å². The summed E-state index contributed by atoms with van der Waals surface area (Å²) >= 11 is 2.13. The molecule has 9 nitrogen and oxygen atoms in total. The Labute approximate surface area is 184 Å². The van der Waals surface area contributed by atoms with Crippen LogP contribution >= 0.6 is 11.8 Å². The van der Waals surface area contributed by atoms with Crippen LogP contribution in [0.25, 0.3) is 0 Å². The van der Waals surface area contributed by atoms with E-state index in [9.17, 15) is 0 Å². The van der Waals surface area contributed by atoms with Crippen LogP contribution in [-0.2, 0) is 18.9 Å². The minimum absolute atomic E-state index is 0.201. The first-order valence-electron chi connectivity index (χ1n) is 11.6. The molecule has 5 aliphatic heterocycles. The average Bonchev–Trinajstić information content (AvgIpc) is 2.86. The van der Waals surface area contributed by atoms with Crippen LogP contribution in [-0.4, -0.2) is 148 Å². The van der Waals surface area contributed by atoms with Crippen molar-refractivity contribution >= 4 is 11.8 Å². The lowest BCUT2D eigenvalue weighted by Gasteiger charge is -2.69. The normalized spacial score (nSPS) is 32.8. The summed E-state index contributed by atoms with van der Waals surface area (Å²) in [5, 5.41) is 4.11. The highest BCUT2D eigenvalue weighted by atomic mass is 32.2. The van der Waals surface area contributed by atoms with Gasteiger partial charge in [0.25, 0.3) is 0 Å². The van der Waals surface area contributed by atoms with Crippen LogP contribution in [0.3, 0.4) is 0 Å². The van der Waals surface area contributed by atoms with Crippen molar-refractivity contribution in [2.45, 2.75) is 10.8 Å². The first-order chi connectivity index (χ1) is 14.9. The van der Waals surface area contributed by atoms with Gasteiger partial charge in [-0.15, -0.1) is 11.8 Å². The molecule has 5 heterocycles. The molecule has 1 N–H and O–H groups in total. The van der Waals surface area contributed by atoms with Crippen LogP contribution < -0.4 is 5.32 Å². The van der Waals surface area contributed by atoms with Gasteiger partial charge in [0.2, 0.25) is 0 Å². The summed E-state index contributed by atoms with van der Waals surface area (Å²) in [6, 6.07) is 0. The van der Waals surface area contributed by atoms with E-state index < -0.39 is 0 Å². The van der Waals surface area contributed by atoms with Gasteiger partial charge in [-0.05, 0) is 0 Å². The number of hydrogen-bond acceptors (Lipinski definition) is 10. The van der Waals surface area contributed by atoms with Crippen molar-refractivity contribution in [1.29, 1.82) is 0 Å². The smallest absolute Gasteiger partial charge is 0.172 e. The molecule has 0 spiro atoms. The zero-order valence-electron chi connectivity index (χ0n) is 18.1. The zero-order valence-corrected chi connectivity index (χ0v) is 18.9. The Hall–Kier alpha value is -0.0100. The molecule has 10 heteroatoms. The van der Waals surface area contributed by atoms with Gasteiger partial charge in [-0.1, -0.05) is 0 Å². The molecule has 0 amide bonds. The number of hydrogen-bond donors (Lipinski definition) is 1. The maximum atomic E-state index is 5.80. The Balaban J connectivity index is 1.62. The van der Waals surface area contributed by atoms with E-state index in [1.165, 1.54) is 0 Å². The molecule has 5 saturated heterocycles. The summed E-state index contributed by atoms with van der Waals surface area (Å²) in [5.74, 6) is 0.809. The maximum Gasteiger partial charge on any atom is 0.172 e. The highest BCUT2D eigenvalue weighted by Gasteiger charge is 2.66. The van der Waals surface area contributed by atoms with Crippen LogP contribution in [0.5, 0.6) is 0 Å². The molecule has 0 aromatic rings. The molecule has 0 radical (unpaired) electrons. The molecule has 0 saturated carbocycles. The van der Waals surface area contributed by atoms with Gasteiger partial charge in [0, 0.05) is 64.7 Å². The molecule has 5 rings (SSSR count). The minimum atomic E-state index is -0.293. The summed E-state index contributed by atoms with van der Waals surface area (Å²) in [7, 11) is 0. The predicted molar refractivity (Wildman–Crippen MR) is 115 cm³/mol. The molecule has 0 unspecified atom stereocenters. The SMILES string of the molecule is C1CSC(N2CCOCC2)(N2CCOCC2)C(N2CCOCC2)(N2CCOCC2)N1. The van der Waals surface area contributed by atoms with Crippen molar-refractivity contribution in [2.75, 3.05) is 118 Å². The second-order valence-corrected chi connectivity index (χ2v) is 9.72. The molecule has 30 heavy (non-hydrogen) atoms. The second kappa shape index (κ2) is 9.86. The Morgan fingerprint density at radius 3 is 1.30 bits per heavy atom. The topological polar surface area (TPSA) is 61.9 Å². The third-order valence-electron chi connectivity index (χ3n) is 7.05. The quantitative estimate of drug-likeness (QED) is 0.583. The molecular weight excluding hydrogens is 406 g/mol. The number of ether oxygens (including phenoxy) is 4. The summed E-state index contributed by atoms with van der Waals surface area (Å²) in [4.78, 5) is 10.6. The molecule has 172 valence electrons. The minimum Gasteiger partial charge on any atom is -0.379 e. The number of nitrogens with one attached hydrogen (secondary N) is 1. The van der Waals surface area contributed by atoms with E-state index in [4.69, 9.17) is 18.9 Å². The van der Waals surface area contributed by atoms with Crippen molar-refractivity contribution < 1.29 is 18.9 Å². The molecular formula is C20H37N5O4S. The number of morpholine rings is 4. The lowest BCUT2D eigenvalue weighted by Crippen LogP contribution is -2.89. The molecule has 0 atom stereocenters. The van der Waals surface area contributed by atoms with E-state index >= 15 is 0 Å². The fraction of sp³-hybridized carbons (Fsp3) is 1.00. The number of nitrogens with zero attached hydrogens (tertiary/aromatic N) is 4. The van der Waals surface area contributed by atoms with E-state index in [-0.39, 0.29) is 10.8 Å². The monoisotopic (exact) mass is 443 g/mol. The van der Waals surface area contributed by atoms with Crippen LogP contribution in [0.1, 0.15) is 0 Å². The summed E-state index contributed by atoms with van der Waals surface area (Å²) in [6.07, 6.45) is 0. The van der Waals surface area contributed by atoms with E-state index in [2.05, 4.69) is 36.7 Å². The van der Waals surface area contributed by atoms with Gasteiger partial charge in [-0.25, -0.2) is 0 Å². The van der Waals surface area contributed by atoms with Gasteiger partial charge in [0.05, 0.1) is 52.9 Å². The van der Waals surface area contributed by atoms with Crippen LogP contribution in [0, 0.1) is 0 Å². The zero-order chi connectivity index (χ0) is 20.3. The van der Waals surface area contributed by atoms with Gasteiger partial charge in [0.15, 0.2) is 10.8 Å². The van der Waals surface area contributed by atoms with Crippen LogP contribution in [0.4, 0.5) is 0 Å². The number of rotatable bonds is 4. The molecule has 5 fully saturated rings. The first-order valence-corrected chi connectivity index (χ1v) is 12.6. The molecule has 0 aromatic heterocycles. The van der Waals surface area contributed by atoms with Crippen molar-refractivity contribution in [3.8, 4) is 0 Å². The molecule has 5 aliphatic rings. The summed E-state index contributed by atoms with van der Waals surface area (Å²) in [6.45, 7) is 15.0. The first kappa shape index (κ1) is 21.8. The Bertz CT molecular complexity index is 465. The average molecular weight is 444 g/mol. The van der Waals surface area contributed by atoms with Gasteiger partial charge >= 0.3 is 0 Å². The summed E-state index contributed by atoms with van der Waals surface area (Å²) < 4.78 is 23.2. The van der Waals surface area contributed by atoms with Crippen LogP contribution in [0.2, 0.25) is 0 Å².